The standard InChI is InChI=1S/C11H7BrN2O/c12-9-1-2-10-8(7-9)3-5-14(6-4-13)11(10)15/h1-3,5,7H,6H2. The van der Waals surface area contributed by atoms with E-state index in [1.165, 1.54) is 4.57 Å². The summed E-state index contributed by atoms with van der Waals surface area (Å²) in [6, 6.07) is 9.25. The Morgan fingerprint density at radius 2 is 2.20 bits per heavy atom. The Bertz CT molecular complexity index is 610. The molecule has 2 rings (SSSR count). The van der Waals surface area contributed by atoms with Crippen LogP contribution < -0.4 is 5.56 Å². The van der Waals surface area contributed by atoms with Crippen molar-refractivity contribution in [3.8, 4) is 6.07 Å². The smallest absolute Gasteiger partial charge is 0.259 e. The van der Waals surface area contributed by atoms with E-state index in [0.717, 1.165) is 9.86 Å². The highest BCUT2D eigenvalue weighted by molar-refractivity contribution is 9.10. The largest absolute Gasteiger partial charge is 0.301 e. The van der Waals surface area contributed by atoms with Crippen LogP contribution in [0.4, 0.5) is 0 Å². The minimum atomic E-state index is -0.124. The number of pyridine rings is 1. The number of fused-ring (bicyclic) bond motifs is 1. The van der Waals surface area contributed by atoms with Gasteiger partial charge in [-0.1, -0.05) is 15.9 Å². The van der Waals surface area contributed by atoms with Crippen LogP contribution in [0.25, 0.3) is 10.8 Å². The van der Waals surface area contributed by atoms with Gasteiger partial charge in [-0.3, -0.25) is 4.79 Å². The third-order valence-corrected chi connectivity index (χ3v) is 2.67. The molecule has 74 valence electrons. The first-order valence-electron chi connectivity index (χ1n) is 4.38. The van der Waals surface area contributed by atoms with Crippen molar-refractivity contribution < 1.29 is 0 Å². The van der Waals surface area contributed by atoms with Crippen molar-refractivity contribution in [3.05, 3.63) is 45.3 Å². The zero-order valence-electron chi connectivity index (χ0n) is 7.77. The van der Waals surface area contributed by atoms with Gasteiger partial charge < -0.3 is 4.57 Å². The van der Waals surface area contributed by atoms with Crippen LogP contribution in [0.2, 0.25) is 0 Å². The van der Waals surface area contributed by atoms with Gasteiger partial charge in [-0.15, -0.1) is 0 Å². The number of benzene rings is 1. The van der Waals surface area contributed by atoms with Gasteiger partial charge in [0.2, 0.25) is 0 Å². The number of hydrogen-bond donors (Lipinski definition) is 0. The maximum atomic E-state index is 11.8. The molecule has 3 nitrogen and oxygen atoms in total. The molecule has 4 heteroatoms. The van der Waals surface area contributed by atoms with Crippen LogP contribution in [-0.2, 0) is 6.54 Å². The Morgan fingerprint density at radius 1 is 1.40 bits per heavy atom. The van der Waals surface area contributed by atoms with Crippen LogP contribution in [0, 0.1) is 11.3 Å². The third-order valence-electron chi connectivity index (χ3n) is 2.18. The van der Waals surface area contributed by atoms with Crippen molar-refractivity contribution in [2.45, 2.75) is 6.54 Å². The maximum absolute atomic E-state index is 11.8. The van der Waals surface area contributed by atoms with Gasteiger partial charge in [0.15, 0.2) is 0 Å². The average Bonchev–Trinajstić information content (AvgIpc) is 2.22. The lowest BCUT2D eigenvalue weighted by atomic mass is 10.2. The summed E-state index contributed by atoms with van der Waals surface area (Å²) in [4.78, 5) is 11.8. The van der Waals surface area contributed by atoms with Crippen molar-refractivity contribution >= 4 is 26.7 Å². The van der Waals surface area contributed by atoms with E-state index in [0.29, 0.717) is 5.39 Å². The van der Waals surface area contributed by atoms with Crippen LogP contribution in [0.5, 0.6) is 0 Å². The number of halogens is 1. The molecule has 0 saturated heterocycles. The molecule has 0 spiro atoms. The van der Waals surface area contributed by atoms with E-state index < -0.39 is 0 Å². The van der Waals surface area contributed by atoms with Crippen molar-refractivity contribution in [2.75, 3.05) is 0 Å². The van der Waals surface area contributed by atoms with Crippen LogP contribution in [0.3, 0.4) is 0 Å². The van der Waals surface area contributed by atoms with Gasteiger partial charge in [-0.25, -0.2) is 0 Å². The van der Waals surface area contributed by atoms with E-state index in [1.807, 2.05) is 24.3 Å². The summed E-state index contributed by atoms with van der Waals surface area (Å²) in [5, 5.41) is 10.1. The van der Waals surface area contributed by atoms with E-state index in [-0.39, 0.29) is 12.1 Å². The van der Waals surface area contributed by atoms with Crippen LogP contribution in [0.1, 0.15) is 0 Å². The minimum absolute atomic E-state index is 0.0881. The third kappa shape index (κ3) is 1.79. The summed E-state index contributed by atoms with van der Waals surface area (Å²) in [6.45, 7) is 0.0881. The predicted molar refractivity (Wildman–Crippen MR) is 61.5 cm³/mol. The molecule has 1 aromatic carbocycles. The summed E-state index contributed by atoms with van der Waals surface area (Å²) in [5.74, 6) is 0. The zero-order valence-corrected chi connectivity index (χ0v) is 9.36. The Morgan fingerprint density at radius 3 is 2.93 bits per heavy atom. The summed E-state index contributed by atoms with van der Waals surface area (Å²) in [7, 11) is 0. The average molecular weight is 263 g/mol. The van der Waals surface area contributed by atoms with E-state index >= 15 is 0 Å². The van der Waals surface area contributed by atoms with E-state index in [2.05, 4.69) is 15.9 Å². The maximum Gasteiger partial charge on any atom is 0.259 e. The van der Waals surface area contributed by atoms with Crippen molar-refractivity contribution in [1.82, 2.24) is 4.57 Å². The quantitative estimate of drug-likeness (QED) is 0.792. The number of nitriles is 1. The SMILES string of the molecule is N#CCn1ccc2cc(Br)ccc2c1=O. The Balaban J connectivity index is 2.76. The summed E-state index contributed by atoms with van der Waals surface area (Å²) in [6.07, 6.45) is 1.64. The van der Waals surface area contributed by atoms with E-state index in [1.54, 1.807) is 12.3 Å². The summed E-state index contributed by atoms with van der Waals surface area (Å²) in [5.41, 5.74) is -0.124. The number of nitrogens with zero attached hydrogens (tertiary/aromatic N) is 2. The lowest BCUT2D eigenvalue weighted by Crippen LogP contribution is -2.18. The zero-order chi connectivity index (χ0) is 10.8. The molecule has 0 aliphatic heterocycles. The van der Waals surface area contributed by atoms with Gasteiger partial charge in [0.05, 0.1) is 6.07 Å². The Kier molecular flexibility index (Phi) is 2.57. The second-order valence-electron chi connectivity index (χ2n) is 3.14. The van der Waals surface area contributed by atoms with Crippen LogP contribution >= 0.6 is 15.9 Å². The molecule has 1 aromatic heterocycles. The molecule has 15 heavy (non-hydrogen) atoms. The molecule has 0 amide bonds. The number of hydrogen-bond acceptors (Lipinski definition) is 2. The van der Waals surface area contributed by atoms with Crippen molar-refractivity contribution in [3.63, 3.8) is 0 Å². The van der Waals surface area contributed by atoms with Crippen molar-refractivity contribution in [2.24, 2.45) is 0 Å². The molecule has 0 fully saturated rings. The van der Waals surface area contributed by atoms with Gasteiger partial charge in [0.25, 0.3) is 5.56 Å². The second kappa shape index (κ2) is 3.87. The first-order chi connectivity index (χ1) is 7.22. The minimum Gasteiger partial charge on any atom is -0.301 e. The molecule has 2 aromatic rings. The molecular formula is C11H7BrN2O. The fourth-order valence-corrected chi connectivity index (χ4v) is 1.84. The monoisotopic (exact) mass is 262 g/mol. The van der Waals surface area contributed by atoms with Gasteiger partial charge in [-0.05, 0) is 29.7 Å². The molecule has 0 aliphatic rings. The van der Waals surface area contributed by atoms with E-state index in [9.17, 15) is 4.79 Å². The van der Waals surface area contributed by atoms with Crippen molar-refractivity contribution in [1.29, 1.82) is 5.26 Å². The number of aromatic nitrogens is 1. The highest BCUT2D eigenvalue weighted by atomic mass is 79.9. The molecule has 0 unspecified atom stereocenters. The highest BCUT2D eigenvalue weighted by Gasteiger charge is 2.02. The fraction of sp³-hybridized carbons (Fsp3) is 0.0909. The van der Waals surface area contributed by atoms with E-state index in [4.69, 9.17) is 5.26 Å². The predicted octanol–water partition coefficient (Wildman–Crippen LogP) is 2.29. The number of rotatable bonds is 1. The normalized spacial score (nSPS) is 10.1. The van der Waals surface area contributed by atoms with Crippen LogP contribution in [0.15, 0.2) is 39.7 Å². The molecule has 1 heterocycles. The summed E-state index contributed by atoms with van der Waals surface area (Å²) >= 11 is 3.35. The topological polar surface area (TPSA) is 45.8 Å². The lowest BCUT2D eigenvalue weighted by molar-refractivity contribution is 0.798. The molecule has 0 bridgehead atoms. The molecule has 0 radical (unpaired) electrons. The Hall–Kier alpha value is -1.60. The molecular weight excluding hydrogens is 256 g/mol. The molecule has 0 aliphatic carbocycles. The van der Waals surface area contributed by atoms with Gasteiger partial charge in [-0.2, -0.15) is 5.26 Å². The van der Waals surface area contributed by atoms with Gasteiger partial charge >= 0.3 is 0 Å². The second-order valence-corrected chi connectivity index (χ2v) is 4.05. The lowest BCUT2D eigenvalue weighted by Gasteiger charge is -2.02. The first kappa shape index (κ1) is 9.94. The highest BCUT2D eigenvalue weighted by Crippen LogP contribution is 2.16. The van der Waals surface area contributed by atoms with Gasteiger partial charge in [0, 0.05) is 16.1 Å². The molecule has 0 atom stereocenters. The first-order valence-corrected chi connectivity index (χ1v) is 5.17. The molecule has 0 saturated carbocycles. The molecule has 0 N–H and O–H groups in total. The van der Waals surface area contributed by atoms with Gasteiger partial charge in [0.1, 0.15) is 6.54 Å². The fourth-order valence-electron chi connectivity index (χ4n) is 1.46. The van der Waals surface area contributed by atoms with Crippen LogP contribution in [-0.4, -0.2) is 4.57 Å². The Labute approximate surface area is 94.7 Å². The summed E-state index contributed by atoms with van der Waals surface area (Å²) < 4.78 is 2.34.